The van der Waals surface area contributed by atoms with E-state index in [1.165, 1.54) is 0 Å². The number of nitrogens with one attached hydrogen (secondary N) is 2. The number of ketones is 1. The maximum absolute atomic E-state index is 13.8. The van der Waals surface area contributed by atoms with Crippen LogP contribution in [0.3, 0.4) is 0 Å². The van der Waals surface area contributed by atoms with E-state index in [-0.39, 0.29) is 23.7 Å². The lowest BCUT2D eigenvalue weighted by Gasteiger charge is -2.42. The van der Waals surface area contributed by atoms with Crippen molar-refractivity contribution in [3.8, 4) is 0 Å². The number of aryl methyl sites for hydroxylation is 1. The second kappa shape index (κ2) is 9.72. The second-order valence-electron chi connectivity index (χ2n) is 9.14. The number of amides is 1. The summed E-state index contributed by atoms with van der Waals surface area (Å²) in [5.41, 5.74) is 5.73. The summed E-state index contributed by atoms with van der Waals surface area (Å²) in [4.78, 5) is 28.9. The average Bonchev–Trinajstić information content (AvgIpc) is 3.05. The number of rotatable bonds is 4. The number of benzene rings is 2. The van der Waals surface area contributed by atoms with Gasteiger partial charge in [-0.2, -0.15) is 0 Å². The molecule has 6 nitrogen and oxygen atoms in total. The maximum atomic E-state index is 13.8. The molecule has 2 atom stereocenters. The van der Waals surface area contributed by atoms with Crippen molar-refractivity contribution in [1.29, 1.82) is 0 Å². The summed E-state index contributed by atoms with van der Waals surface area (Å²) < 4.78 is 5.63. The standard InChI is InChI=1S/C28H28ClN3O3/c1-17-5-3-7-22(18(17)2)28(34)31-20-9-10-23(25(29)13-20)27(33)24-8-4-6-19-14-30-15-21-16-35-12-11-32(21)26(19)24/h3-7,9-10,13-15,24,26,30H,8,11-12,16H2,1-2H3,(H,31,34). The SMILES string of the molecule is Cc1cccc(C(=O)Nc2ccc(C(=O)C3CC=CC4=CNC=C5COCCN5C43)c(Cl)c2)c1C. The van der Waals surface area contributed by atoms with Crippen molar-refractivity contribution in [1.82, 2.24) is 10.2 Å². The van der Waals surface area contributed by atoms with Crippen molar-refractivity contribution >= 4 is 29.0 Å². The molecule has 0 radical (unpaired) electrons. The number of morpholine rings is 1. The lowest BCUT2D eigenvalue weighted by molar-refractivity contribution is 0.0455. The van der Waals surface area contributed by atoms with Crippen LogP contribution in [0, 0.1) is 19.8 Å². The highest BCUT2D eigenvalue weighted by molar-refractivity contribution is 6.34. The van der Waals surface area contributed by atoms with Gasteiger partial charge in [-0.05, 0) is 61.2 Å². The van der Waals surface area contributed by atoms with E-state index in [9.17, 15) is 9.59 Å². The van der Waals surface area contributed by atoms with Crippen LogP contribution in [0.1, 0.15) is 38.3 Å². The van der Waals surface area contributed by atoms with Gasteiger partial charge in [0.1, 0.15) is 0 Å². The van der Waals surface area contributed by atoms with Gasteiger partial charge in [0, 0.05) is 35.8 Å². The zero-order valence-corrected chi connectivity index (χ0v) is 20.6. The van der Waals surface area contributed by atoms with Gasteiger partial charge in [0.2, 0.25) is 0 Å². The molecule has 0 saturated carbocycles. The normalized spacial score (nSPS) is 21.1. The molecule has 1 aliphatic carbocycles. The number of ether oxygens (including phenoxy) is 1. The van der Waals surface area contributed by atoms with Gasteiger partial charge < -0.3 is 20.3 Å². The van der Waals surface area contributed by atoms with Gasteiger partial charge in [0.25, 0.3) is 5.91 Å². The van der Waals surface area contributed by atoms with Gasteiger partial charge in [-0.3, -0.25) is 9.59 Å². The van der Waals surface area contributed by atoms with E-state index in [0.717, 1.165) is 28.9 Å². The van der Waals surface area contributed by atoms with Gasteiger partial charge in [-0.25, -0.2) is 0 Å². The Morgan fingerprint density at radius 2 is 2.00 bits per heavy atom. The van der Waals surface area contributed by atoms with Gasteiger partial charge in [-0.15, -0.1) is 0 Å². The Labute approximate surface area is 210 Å². The predicted octanol–water partition coefficient (Wildman–Crippen LogP) is 5.00. The van der Waals surface area contributed by atoms with Crippen LogP contribution < -0.4 is 10.6 Å². The van der Waals surface area contributed by atoms with Crippen LogP contribution in [0.15, 0.2) is 72.2 Å². The molecule has 1 fully saturated rings. The van der Waals surface area contributed by atoms with Crippen molar-refractivity contribution in [2.45, 2.75) is 26.3 Å². The summed E-state index contributed by atoms with van der Waals surface area (Å²) in [5.74, 6) is -0.484. The largest absolute Gasteiger partial charge is 0.373 e. The second-order valence-corrected chi connectivity index (χ2v) is 9.55. The molecule has 2 aromatic carbocycles. The molecule has 2 N–H and O–H groups in total. The Kier molecular flexibility index (Phi) is 6.50. The van der Waals surface area contributed by atoms with Crippen LogP contribution >= 0.6 is 11.6 Å². The highest BCUT2D eigenvalue weighted by atomic mass is 35.5. The van der Waals surface area contributed by atoms with E-state index in [1.54, 1.807) is 24.3 Å². The molecule has 2 heterocycles. The van der Waals surface area contributed by atoms with E-state index < -0.39 is 0 Å². The molecule has 7 heteroatoms. The topological polar surface area (TPSA) is 70.7 Å². The molecule has 3 aliphatic rings. The first-order chi connectivity index (χ1) is 16.9. The lowest BCUT2D eigenvalue weighted by Crippen LogP contribution is -2.48. The predicted molar refractivity (Wildman–Crippen MR) is 138 cm³/mol. The summed E-state index contributed by atoms with van der Waals surface area (Å²) in [6.45, 7) is 5.78. The number of anilines is 1. The minimum Gasteiger partial charge on any atom is -0.373 e. The maximum Gasteiger partial charge on any atom is 0.255 e. The third-order valence-corrected chi connectivity index (χ3v) is 7.35. The van der Waals surface area contributed by atoms with E-state index >= 15 is 0 Å². The number of carbonyl (C=O) groups excluding carboxylic acids is 2. The fraction of sp³-hybridized carbons (Fsp3) is 0.286. The number of halogens is 1. The summed E-state index contributed by atoms with van der Waals surface area (Å²) >= 11 is 6.61. The minimum absolute atomic E-state index is 0.00426. The molecular formula is C28H28ClN3O3. The van der Waals surface area contributed by atoms with Crippen molar-refractivity contribution in [3.63, 3.8) is 0 Å². The van der Waals surface area contributed by atoms with Crippen LogP contribution in [0.25, 0.3) is 0 Å². The van der Waals surface area contributed by atoms with E-state index in [0.29, 0.717) is 41.5 Å². The van der Waals surface area contributed by atoms with E-state index in [4.69, 9.17) is 16.3 Å². The Hall–Kier alpha value is -3.35. The van der Waals surface area contributed by atoms with E-state index in [2.05, 4.69) is 21.6 Å². The lowest BCUT2D eigenvalue weighted by atomic mass is 9.79. The monoisotopic (exact) mass is 489 g/mol. The molecular weight excluding hydrogens is 462 g/mol. The number of fused-ring (bicyclic) bond motifs is 3. The third kappa shape index (κ3) is 4.51. The first-order valence-corrected chi connectivity index (χ1v) is 12.2. The van der Waals surface area contributed by atoms with Gasteiger partial charge in [0.15, 0.2) is 5.78 Å². The number of allylic oxidation sites excluding steroid dienone is 1. The summed E-state index contributed by atoms with van der Waals surface area (Å²) in [6, 6.07) is 10.7. The van der Waals surface area contributed by atoms with Crippen molar-refractivity contribution in [2.24, 2.45) is 5.92 Å². The van der Waals surface area contributed by atoms with Gasteiger partial charge in [-0.1, -0.05) is 35.9 Å². The Balaban J connectivity index is 1.39. The fourth-order valence-corrected chi connectivity index (χ4v) is 5.30. The molecule has 1 amide bonds. The summed E-state index contributed by atoms with van der Waals surface area (Å²) in [5, 5.41) is 6.47. The molecule has 2 aliphatic heterocycles. The van der Waals surface area contributed by atoms with Crippen molar-refractivity contribution in [2.75, 3.05) is 25.1 Å². The molecule has 35 heavy (non-hydrogen) atoms. The van der Waals surface area contributed by atoms with Gasteiger partial charge in [0.05, 0.1) is 35.9 Å². The molecule has 0 bridgehead atoms. The number of Topliss-reactive ketones (excluding diaryl/α,β-unsaturated/α-hetero) is 1. The molecule has 0 spiro atoms. The zero-order chi connectivity index (χ0) is 24.5. The Bertz CT molecular complexity index is 1280. The highest BCUT2D eigenvalue weighted by Gasteiger charge is 2.39. The van der Waals surface area contributed by atoms with Crippen LogP contribution in [0.5, 0.6) is 0 Å². The fourth-order valence-electron chi connectivity index (χ4n) is 5.02. The third-order valence-electron chi connectivity index (χ3n) is 7.03. The van der Waals surface area contributed by atoms with Crippen LogP contribution in [-0.2, 0) is 4.74 Å². The van der Waals surface area contributed by atoms with E-state index in [1.807, 2.05) is 44.5 Å². The van der Waals surface area contributed by atoms with Gasteiger partial charge >= 0.3 is 0 Å². The number of hydrogen-bond acceptors (Lipinski definition) is 5. The zero-order valence-electron chi connectivity index (χ0n) is 19.8. The molecule has 1 saturated heterocycles. The molecule has 5 rings (SSSR count). The molecule has 2 unspecified atom stereocenters. The van der Waals surface area contributed by atoms with Crippen LogP contribution in [0.2, 0.25) is 5.02 Å². The quantitative estimate of drug-likeness (QED) is 0.591. The average molecular weight is 490 g/mol. The smallest absolute Gasteiger partial charge is 0.255 e. The van der Waals surface area contributed by atoms with Crippen LogP contribution in [-0.4, -0.2) is 42.4 Å². The highest BCUT2D eigenvalue weighted by Crippen LogP contribution is 2.36. The minimum atomic E-state index is -0.277. The number of hydrogen-bond donors (Lipinski definition) is 2. The summed E-state index contributed by atoms with van der Waals surface area (Å²) in [6.07, 6.45) is 8.67. The Morgan fingerprint density at radius 1 is 1.14 bits per heavy atom. The first kappa shape index (κ1) is 23.4. The first-order valence-electron chi connectivity index (χ1n) is 11.8. The van der Waals surface area contributed by atoms with Crippen LogP contribution in [0.4, 0.5) is 5.69 Å². The van der Waals surface area contributed by atoms with Crippen molar-refractivity contribution < 1.29 is 14.3 Å². The van der Waals surface area contributed by atoms with Crippen molar-refractivity contribution in [3.05, 3.63) is 99.5 Å². The Morgan fingerprint density at radius 3 is 2.83 bits per heavy atom. The number of nitrogens with zero attached hydrogens (tertiary/aromatic N) is 1. The number of carbonyl (C=O) groups is 2. The molecule has 180 valence electrons. The molecule has 2 aromatic rings. The summed E-state index contributed by atoms with van der Waals surface area (Å²) in [7, 11) is 0. The molecule has 0 aromatic heterocycles.